The summed E-state index contributed by atoms with van der Waals surface area (Å²) in [7, 11) is 3.73. The maximum atomic E-state index is 12.8. The monoisotopic (exact) mass is 442 g/mol. The molecule has 2 unspecified atom stereocenters. The molecule has 31 heavy (non-hydrogen) atoms. The predicted molar refractivity (Wildman–Crippen MR) is 124 cm³/mol. The number of hydrogen-bond acceptors (Lipinski definition) is 7. The van der Waals surface area contributed by atoms with Gasteiger partial charge in [0.2, 0.25) is 11.9 Å². The molecule has 4 rings (SSSR count). The van der Waals surface area contributed by atoms with E-state index in [9.17, 15) is 9.35 Å². The Kier molecular flexibility index (Phi) is 6.36. The van der Waals surface area contributed by atoms with E-state index >= 15 is 0 Å². The second kappa shape index (κ2) is 9.02. The van der Waals surface area contributed by atoms with Crippen molar-refractivity contribution in [1.29, 1.82) is 0 Å². The van der Waals surface area contributed by atoms with Gasteiger partial charge in [0.05, 0.1) is 17.6 Å². The number of nitrogens with one attached hydrogen (secondary N) is 1. The number of nitrogens with zero attached hydrogens (tertiary/aromatic N) is 5. The molecule has 1 amide bonds. The first-order valence-electron chi connectivity index (χ1n) is 10.8. The molecule has 0 saturated heterocycles. The summed E-state index contributed by atoms with van der Waals surface area (Å²) in [5.74, 6) is 1.97. The fourth-order valence-electron chi connectivity index (χ4n) is 3.90. The summed E-state index contributed by atoms with van der Waals surface area (Å²) in [5.41, 5.74) is 1.53. The minimum absolute atomic E-state index is 0.100. The minimum Gasteiger partial charge on any atom is -0.593 e. The predicted octanol–water partition coefficient (Wildman–Crippen LogP) is 3.17. The van der Waals surface area contributed by atoms with Crippen LogP contribution in [0.3, 0.4) is 0 Å². The topological polar surface area (TPSA) is 87.7 Å². The number of amides is 1. The SMILES string of the molecule is CCN(CC)[S+]([O-])c1ccc(Nc2ncc3c(n2)N(C)C(CC2CC2)C(=O)N3C)cc1. The van der Waals surface area contributed by atoms with Crippen molar-refractivity contribution in [3.05, 3.63) is 30.5 Å². The molecule has 8 nitrogen and oxygen atoms in total. The first-order valence-corrected chi connectivity index (χ1v) is 11.9. The van der Waals surface area contributed by atoms with Gasteiger partial charge >= 0.3 is 0 Å². The van der Waals surface area contributed by atoms with Gasteiger partial charge in [-0.05, 0) is 50.5 Å². The van der Waals surface area contributed by atoms with Gasteiger partial charge in [-0.25, -0.2) is 4.98 Å². The van der Waals surface area contributed by atoms with Crippen LogP contribution in [0.2, 0.25) is 0 Å². The molecule has 1 aliphatic heterocycles. The maximum absolute atomic E-state index is 12.8. The number of likely N-dealkylation sites (N-methyl/N-ethyl adjacent to an activating group) is 2. The van der Waals surface area contributed by atoms with Crippen molar-refractivity contribution in [1.82, 2.24) is 14.3 Å². The van der Waals surface area contributed by atoms with Crippen molar-refractivity contribution in [2.75, 3.05) is 42.3 Å². The van der Waals surface area contributed by atoms with Crippen LogP contribution in [0.1, 0.15) is 33.1 Å². The molecular weight excluding hydrogens is 412 g/mol. The summed E-state index contributed by atoms with van der Waals surface area (Å²) in [6.07, 6.45) is 4.98. The molecule has 0 bridgehead atoms. The van der Waals surface area contributed by atoms with E-state index in [-0.39, 0.29) is 11.9 Å². The zero-order valence-electron chi connectivity index (χ0n) is 18.5. The smallest absolute Gasteiger partial charge is 0.249 e. The van der Waals surface area contributed by atoms with Crippen LogP contribution >= 0.6 is 0 Å². The van der Waals surface area contributed by atoms with Crippen LogP contribution in [-0.2, 0) is 16.2 Å². The Hall–Kier alpha value is -2.36. The lowest BCUT2D eigenvalue weighted by Gasteiger charge is -2.38. The van der Waals surface area contributed by atoms with Crippen LogP contribution in [0.15, 0.2) is 35.4 Å². The quantitative estimate of drug-likeness (QED) is 0.628. The van der Waals surface area contributed by atoms with E-state index < -0.39 is 11.4 Å². The molecule has 1 aliphatic carbocycles. The molecule has 2 atom stereocenters. The van der Waals surface area contributed by atoms with Gasteiger partial charge in [-0.2, -0.15) is 4.98 Å². The first-order chi connectivity index (χ1) is 14.9. The maximum Gasteiger partial charge on any atom is 0.249 e. The normalized spacial score (nSPS) is 19.5. The van der Waals surface area contributed by atoms with E-state index in [1.54, 1.807) is 18.1 Å². The zero-order valence-corrected chi connectivity index (χ0v) is 19.4. The van der Waals surface area contributed by atoms with E-state index in [4.69, 9.17) is 4.98 Å². The lowest BCUT2D eigenvalue weighted by atomic mass is 10.0. The van der Waals surface area contributed by atoms with E-state index in [1.165, 1.54) is 12.8 Å². The van der Waals surface area contributed by atoms with Crippen molar-refractivity contribution < 1.29 is 9.35 Å². The van der Waals surface area contributed by atoms with E-state index in [0.29, 0.717) is 11.9 Å². The second-order valence-corrected chi connectivity index (χ2v) is 9.60. The molecule has 1 aromatic heterocycles. The number of carbonyl (C=O) groups excluding carboxylic acids is 1. The first kappa shape index (κ1) is 21.9. The summed E-state index contributed by atoms with van der Waals surface area (Å²) in [4.78, 5) is 26.3. The fourth-order valence-corrected chi connectivity index (χ4v) is 5.03. The number of rotatable bonds is 8. The lowest BCUT2D eigenvalue weighted by molar-refractivity contribution is -0.120. The average molecular weight is 443 g/mol. The van der Waals surface area contributed by atoms with Gasteiger partial charge in [-0.3, -0.25) is 4.79 Å². The molecule has 2 heterocycles. The van der Waals surface area contributed by atoms with Gasteiger partial charge < -0.3 is 19.7 Å². The Morgan fingerprint density at radius 1 is 1.19 bits per heavy atom. The van der Waals surface area contributed by atoms with Crippen LogP contribution in [0.25, 0.3) is 0 Å². The minimum atomic E-state index is -1.16. The molecule has 9 heteroatoms. The van der Waals surface area contributed by atoms with Gasteiger partial charge in [0.1, 0.15) is 11.7 Å². The standard InChI is InChI=1S/C22H30N6O2S/c1-5-28(6-2)31(30)17-11-9-16(10-12-17)24-22-23-14-19-20(25-22)26(3)18(13-15-7-8-15)21(29)27(19)4/h9-12,14-15,18H,5-8,13H2,1-4H3,(H,23,24,25). The summed E-state index contributed by atoms with van der Waals surface area (Å²) < 4.78 is 14.5. The van der Waals surface area contributed by atoms with Crippen LogP contribution in [0, 0.1) is 5.92 Å². The van der Waals surface area contributed by atoms with Crippen molar-refractivity contribution in [2.45, 2.75) is 44.0 Å². The highest BCUT2D eigenvalue weighted by molar-refractivity contribution is 7.89. The van der Waals surface area contributed by atoms with Crippen LogP contribution < -0.4 is 15.1 Å². The highest BCUT2D eigenvalue weighted by Crippen LogP contribution is 2.40. The molecule has 2 aliphatic rings. The van der Waals surface area contributed by atoms with E-state index in [0.717, 1.165) is 41.6 Å². The number of hydrogen-bond donors (Lipinski definition) is 1. The van der Waals surface area contributed by atoms with Gasteiger partial charge in [-0.15, -0.1) is 4.31 Å². The van der Waals surface area contributed by atoms with Gasteiger partial charge in [0.15, 0.2) is 10.7 Å². The molecule has 0 radical (unpaired) electrons. The molecule has 1 aromatic carbocycles. The summed E-state index contributed by atoms with van der Waals surface area (Å²) >= 11 is -1.16. The highest BCUT2D eigenvalue weighted by Gasteiger charge is 2.39. The molecule has 166 valence electrons. The Bertz CT molecular complexity index is 932. The van der Waals surface area contributed by atoms with E-state index in [2.05, 4.69) is 10.3 Å². The zero-order chi connectivity index (χ0) is 22.1. The Morgan fingerprint density at radius 2 is 1.87 bits per heavy atom. The summed E-state index contributed by atoms with van der Waals surface area (Å²) in [5, 5.41) is 3.23. The Balaban J connectivity index is 1.51. The summed E-state index contributed by atoms with van der Waals surface area (Å²) in [6, 6.07) is 7.31. The van der Waals surface area contributed by atoms with Crippen molar-refractivity contribution in [3.63, 3.8) is 0 Å². The van der Waals surface area contributed by atoms with Crippen LogP contribution in [0.4, 0.5) is 23.1 Å². The molecule has 1 saturated carbocycles. The largest absolute Gasteiger partial charge is 0.593 e. The lowest BCUT2D eigenvalue weighted by Crippen LogP contribution is -2.51. The third-order valence-corrected chi connectivity index (χ3v) is 7.69. The third-order valence-electron chi connectivity index (χ3n) is 6.03. The molecule has 2 aromatic rings. The molecule has 1 fully saturated rings. The van der Waals surface area contributed by atoms with Crippen molar-refractivity contribution >= 4 is 40.4 Å². The van der Waals surface area contributed by atoms with Crippen LogP contribution in [0.5, 0.6) is 0 Å². The van der Waals surface area contributed by atoms with E-state index in [1.807, 2.05) is 54.4 Å². The highest BCUT2D eigenvalue weighted by atomic mass is 32.2. The van der Waals surface area contributed by atoms with Crippen molar-refractivity contribution in [2.24, 2.45) is 5.92 Å². The second-order valence-electron chi connectivity index (χ2n) is 8.12. The molecule has 1 N–H and O–H groups in total. The van der Waals surface area contributed by atoms with Gasteiger partial charge in [0.25, 0.3) is 0 Å². The number of benzene rings is 1. The Labute approximate surface area is 187 Å². The molecule has 0 spiro atoms. The number of anilines is 4. The van der Waals surface area contributed by atoms with Crippen molar-refractivity contribution in [3.8, 4) is 0 Å². The number of aromatic nitrogens is 2. The number of fused-ring (bicyclic) bond motifs is 1. The fraction of sp³-hybridized carbons (Fsp3) is 0.500. The van der Waals surface area contributed by atoms with Gasteiger partial charge in [0, 0.05) is 32.9 Å². The summed E-state index contributed by atoms with van der Waals surface area (Å²) in [6.45, 7) is 5.47. The van der Waals surface area contributed by atoms with Gasteiger partial charge in [-0.1, -0.05) is 12.8 Å². The Morgan fingerprint density at radius 3 is 2.48 bits per heavy atom. The molecular formula is C22H30N6O2S. The number of carbonyl (C=O) groups is 1. The van der Waals surface area contributed by atoms with Crippen LogP contribution in [-0.4, -0.2) is 58.0 Å². The average Bonchev–Trinajstić information content (AvgIpc) is 3.61. The third kappa shape index (κ3) is 4.49.